The van der Waals surface area contributed by atoms with Gasteiger partial charge in [-0.3, -0.25) is 0 Å². The molecule has 5 heteroatoms. The van der Waals surface area contributed by atoms with Crippen LogP contribution in [0.2, 0.25) is 0 Å². The molecule has 18 heavy (non-hydrogen) atoms. The lowest BCUT2D eigenvalue weighted by Crippen LogP contribution is -2.40. The smallest absolute Gasteiger partial charge is 0.214 e. The molecule has 4 nitrogen and oxygen atoms in total. The number of piperidine rings is 1. The highest BCUT2D eigenvalue weighted by molar-refractivity contribution is 7.89. The third kappa shape index (κ3) is 5.08. The molecule has 1 heterocycles. The summed E-state index contributed by atoms with van der Waals surface area (Å²) < 4.78 is 25.6. The molecule has 0 amide bonds. The minimum Gasteiger partial charge on any atom is -0.309 e. The Labute approximate surface area is 112 Å². The average Bonchev–Trinajstić information content (AvgIpc) is 2.34. The average molecular weight is 274 g/mol. The molecule has 0 saturated carbocycles. The molecular formula is C13H26N2O2S. The maximum atomic E-state index is 12.0. The Morgan fingerprint density at radius 2 is 1.94 bits per heavy atom. The van der Waals surface area contributed by atoms with Crippen molar-refractivity contribution < 1.29 is 8.42 Å². The maximum Gasteiger partial charge on any atom is 0.214 e. The van der Waals surface area contributed by atoms with Crippen LogP contribution < -0.4 is 0 Å². The Bertz CT molecular complexity index is 344. The van der Waals surface area contributed by atoms with Gasteiger partial charge in [-0.25, -0.2) is 12.7 Å². The third-order valence-electron chi connectivity index (χ3n) is 3.53. The van der Waals surface area contributed by atoms with Crippen molar-refractivity contribution in [3.63, 3.8) is 0 Å². The Morgan fingerprint density at radius 3 is 2.44 bits per heavy atom. The highest BCUT2D eigenvalue weighted by Gasteiger charge is 2.27. The van der Waals surface area contributed by atoms with Crippen molar-refractivity contribution in [2.24, 2.45) is 5.92 Å². The zero-order chi connectivity index (χ0) is 13.6. The highest BCUT2D eigenvalue weighted by Crippen LogP contribution is 2.22. The van der Waals surface area contributed by atoms with Gasteiger partial charge >= 0.3 is 0 Å². The fourth-order valence-electron chi connectivity index (χ4n) is 2.28. The molecule has 0 bridgehead atoms. The molecule has 1 fully saturated rings. The molecule has 1 rings (SSSR count). The van der Waals surface area contributed by atoms with Crippen LogP contribution in [0.25, 0.3) is 0 Å². The van der Waals surface area contributed by atoms with Crippen LogP contribution in [0.5, 0.6) is 0 Å². The number of hydrogen-bond donors (Lipinski definition) is 0. The Morgan fingerprint density at radius 1 is 1.33 bits per heavy atom. The number of sulfonamides is 1. The van der Waals surface area contributed by atoms with E-state index in [2.05, 4.69) is 25.6 Å². The third-order valence-corrected chi connectivity index (χ3v) is 5.43. The van der Waals surface area contributed by atoms with Gasteiger partial charge in [-0.2, -0.15) is 0 Å². The number of allylic oxidation sites excluding steroid dienone is 1. The predicted molar refractivity (Wildman–Crippen MR) is 76.1 cm³/mol. The van der Waals surface area contributed by atoms with Gasteiger partial charge in [0.25, 0.3) is 0 Å². The van der Waals surface area contributed by atoms with Crippen LogP contribution in [0.1, 0.15) is 25.7 Å². The van der Waals surface area contributed by atoms with Crippen molar-refractivity contribution in [3.8, 4) is 0 Å². The topological polar surface area (TPSA) is 40.6 Å². The monoisotopic (exact) mass is 274 g/mol. The summed E-state index contributed by atoms with van der Waals surface area (Å²) in [6.07, 6.45) is 5.39. The van der Waals surface area contributed by atoms with Crippen LogP contribution >= 0.6 is 0 Å². The van der Waals surface area contributed by atoms with Crippen molar-refractivity contribution in [3.05, 3.63) is 12.7 Å². The molecule has 1 saturated heterocycles. The minimum atomic E-state index is -3.05. The zero-order valence-electron chi connectivity index (χ0n) is 11.6. The van der Waals surface area contributed by atoms with E-state index in [4.69, 9.17) is 0 Å². The Kier molecular flexibility index (Phi) is 6.32. The summed E-state index contributed by atoms with van der Waals surface area (Å²) in [7, 11) is 1.11. The molecule has 0 aromatic heterocycles. The van der Waals surface area contributed by atoms with Crippen LogP contribution in [0.4, 0.5) is 0 Å². The summed E-state index contributed by atoms with van der Waals surface area (Å²) in [5.41, 5.74) is 0. The van der Waals surface area contributed by atoms with E-state index in [1.807, 2.05) is 0 Å². The summed E-state index contributed by atoms with van der Waals surface area (Å²) in [5, 5.41) is 0. The van der Waals surface area contributed by atoms with Crippen molar-refractivity contribution >= 4 is 10.0 Å². The van der Waals surface area contributed by atoms with Crippen LogP contribution in [0.15, 0.2) is 12.7 Å². The molecule has 0 aromatic carbocycles. The van der Waals surface area contributed by atoms with Crippen LogP contribution in [0, 0.1) is 5.92 Å². The second kappa shape index (κ2) is 7.26. The van der Waals surface area contributed by atoms with Gasteiger partial charge in [0.1, 0.15) is 0 Å². The normalized spacial score (nSPS) is 19.3. The maximum absolute atomic E-state index is 12.0. The molecule has 1 aliphatic heterocycles. The van der Waals surface area contributed by atoms with Crippen molar-refractivity contribution in [1.82, 2.24) is 9.21 Å². The van der Waals surface area contributed by atoms with E-state index in [-0.39, 0.29) is 5.75 Å². The molecule has 0 unspecified atom stereocenters. The fraction of sp³-hybridized carbons (Fsp3) is 0.846. The second-order valence-corrected chi connectivity index (χ2v) is 7.42. The molecule has 0 N–H and O–H groups in total. The van der Waals surface area contributed by atoms with Gasteiger partial charge in [-0.15, -0.1) is 6.58 Å². The zero-order valence-corrected chi connectivity index (χ0v) is 12.5. The first-order valence-corrected chi connectivity index (χ1v) is 8.30. The van der Waals surface area contributed by atoms with Gasteiger partial charge in [0.2, 0.25) is 10.0 Å². The first-order valence-electron chi connectivity index (χ1n) is 6.69. The van der Waals surface area contributed by atoms with Crippen molar-refractivity contribution in [2.45, 2.75) is 25.7 Å². The number of hydrogen-bond acceptors (Lipinski definition) is 3. The van der Waals surface area contributed by atoms with E-state index in [0.717, 1.165) is 19.4 Å². The van der Waals surface area contributed by atoms with Crippen LogP contribution in [0.3, 0.4) is 0 Å². The fourth-order valence-corrected chi connectivity index (χ4v) is 3.77. The molecular weight excluding hydrogens is 248 g/mol. The van der Waals surface area contributed by atoms with Gasteiger partial charge in [0.15, 0.2) is 0 Å². The SMILES string of the molecule is C=CCCS(=O)(=O)N1CCC(CCN(C)C)CC1. The van der Waals surface area contributed by atoms with Gasteiger partial charge in [-0.05, 0) is 52.2 Å². The molecule has 1 aliphatic rings. The van der Waals surface area contributed by atoms with Crippen LogP contribution in [-0.4, -0.2) is 57.1 Å². The quantitative estimate of drug-likeness (QED) is 0.662. The van der Waals surface area contributed by atoms with Gasteiger partial charge in [0, 0.05) is 13.1 Å². The number of rotatable bonds is 7. The molecule has 0 spiro atoms. The van der Waals surface area contributed by atoms with E-state index < -0.39 is 10.0 Å². The van der Waals surface area contributed by atoms with Gasteiger partial charge in [-0.1, -0.05) is 6.08 Å². The standard InChI is InChI=1S/C13H26N2O2S/c1-4-5-12-18(16,17)15-10-7-13(8-11-15)6-9-14(2)3/h4,13H,1,5-12H2,2-3H3. The Balaban J connectivity index is 2.36. The summed E-state index contributed by atoms with van der Waals surface area (Å²) in [5.74, 6) is 0.886. The lowest BCUT2D eigenvalue weighted by Gasteiger charge is -2.31. The molecule has 0 radical (unpaired) electrons. The first kappa shape index (κ1) is 15.7. The van der Waals surface area contributed by atoms with E-state index in [1.54, 1.807) is 10.4 Å². The van der Waals surface area contributed by atoms with Crippen molar-refractivity contribution in [2.75, 3.05) is 39.5 Å². The van der Waals surface area contributed by atoms with E-state index >= 15 is 0 Å². The predicted octanol–water partition coefficient (Wildman–Crippen LogP) is 1.56. The second-order valence-electron chi connectivity index (χ2n) is 5.33. The summed E-state index contributed by atoms with van der Waals surface area (Å²) in [6, 6.07) is 0. The Hall–Kier alpha value is -0.390. The highest BCUT2D eigenvalue weighted by atomic mass is 32.2. The summed E-state index contributed by atoms with van der Waals surface area (Å²) in [6.45, 7) is 6.05. The molecule has 0 aliphatic carbocycles. The molecule has 106 valence electrons. The summed E-state index contributed by atoms with van der Waals surface area (Å²) >= 11 is 0. The van der Waals surface area contributed by atoms with E-state index in [9.17, 15) is 8.42 Å². The molecule has 0 atom stereocenters. The minimum absolute atomic E-state index is 0.207. The van der Waals surface area contributed by atoms with Gasteiger partial charge in [0.05, 0.1) is 5.75 Å². The lowest BCUT2D eigenvalue weighted by atomic mass is 9.94. The lowest BCUT2D eigenvalue weighted by molar-refractivity contribution is 0.243. The van der Waals surface area contributed by atoms with Crippen molar-refractivity contribution in [1.29, 1.82) is 0 Å². The van der Waals surface area contributed by atoms with Crippen LogP contribution in [-0.2, 0) is 10.0 Å². The van der Waals surface area contributed by atoms with Gasteiger partial charge < -0.3 is 4.90 Å². The number of nitrogens with zero attached hydrogens (tertiary/aromatic N) is 2. The first-order chi connectivity index (χ1) is 8.45. The molecule has 0 aromatic rings. The van der Waals surface area contributed by atoms with E-state index in [0.29, 0.717) is 25.4 Å². The largest absolute Gasteiger partial charge is 0.309 e. The summed E-state index contributed by atoms with van der Waals surface area (Å²) in [4.78, 5) is 2.19. The van der Waals surface area contributed by atoms with E-state index in [1.165, 1.54) is 6.42 Å².